The lowest BCUT2D eigenvalue weighted by Gasteiger charge is -2.08. The number of rotatable bonds is 5. The van der Waals surface area contributed by atoms with Gasteiger partial charge in [0, 0.05) is 24.2 Å². The maximum atomic E-state index is 4.66. The van der Waals surface area contributed by atoms with E-state index in [1.807, 2.05) is 20.0 Å². The van der Waals surface area contributed by atoms with Gasteiger partial charge in [-0.2, -0.15) is 0 Å². The van der Waals surface area contributed by atoms with Crippen LogP contribution < -0.4 is 5.32 Å². The molecular formula is C17H23N3. The molecule has 0 aliphatic rings. The number of likely N-dealkylation sites (N-methyl/N-ethyl adjacent to an activating group) is 1. The zero-order chi connectivity index (χ0) is 14.5. The summed E-state index contributed by atoms with van der Waals surface area (Å²) >= 11 is 0. The first-order chi connectivity index (χ1) is 9.60. The summed E-state index contributed by atoms with van der Waals surface area (Å²) in [4.78, 5) is 9.16. The molecule has 20 heavy (non-hydrogen) atoms. The summed E-state index contributed by atoms with van der Waals surface area (Å²) in [7, 11) is 1.95. The monoisotopic (exact) mass is 269 g/mol. The average Bonchev–Trinajstić information content (AvgIpc) is 2.44. The third-order valence-corrected chi connectivity index (χ3v) is 3.37. The number of benzene rings is 1. The molecule has 1 aromatic carbocycles. The molecule has 0 saturated heterocycles. The molecule has 0 radical (unpaired) electrons. The predicted molar refractivity (Wildman–Crippen MR) is 83.9 cm³/mol. The summed E-state index contributed by atoms with van der Waals surface area (Å²) in [5, 5.41) is 3.13. The van der Waals surface area contributed by atoms with Crippen LogP contribution in [0.1, 0.15) is 36.8 Å². The molecule has 0 bridgehead atoms. The number of aryl methyl sites for hydroxylation is 1. The van der Waals surface area contributed by atoms with Gasteiger partial charge in [-0.25, -0.2) is 9.97 Å². The normalized spacial score (nSPS) is 11.1. The fraction of sp³-hybridized carbons (Fsp3) is 0.412. The van der Waals surface area contributed by atoms with Crippen LogP contribution in [-0.2, 0) is 6.42 Å². The van der Waals surface area contributed by atoms with Gasteiger partial charge in [-0.15, -0.1) is 0 Å². The van der Waals surface area contributed by atoms with Crippen molar-refractivity contribution in [2.24, 2.45) is 0 Å². The van der Waals surface area contributed by atoms with E-state index in [-0.39, 0.29) is 0 Å². The minimum atomic E-state index is 0.558. The first kappa shape index (κ1) is 14.7. The van der Waals surface area contributed by atoms with Gasteiger partial charge in [0.2, 0.25) is 0 Å². The highest BCUT2D eigenvalue weighted by molar-refractivity contribution is 5.59. The second-order valence-electron chi connectivity index (χ2n) is 5.44. The van der Waals surface area contributed by atoms with Crippen LogP contribution in [-0.4, -0.2) is 23.6 Å². The van der Waals surface area contributed by atoms with Gasteiger partial charge in [-0.1, -0.05) is 38.1 Å². The van der Waals surface area contributed by atoms with Crippen molar-refractivity contribution >= 4 is 0 Å². The zero-order valence-electron chi connectivity index (χ0n) is 12.8. The van der Waals surface area contributed by atoms with Gasteiger partial charge >= 0.3 is 0 Å². The third kappa shape index (κ3) is 3.64. The van der Waals surface area contributed by atoms with Crippen molar-refractivity contribution < 1.29 is 0 Å². The Morgan fingerprint density at radius 3 is 2.40 bits per heavy atom. The molecule has 0 aliphatic carbocycles. The van der Waals surface area contributed by atoms with Crippen molar-refractivity contribution in [2.75, 3.05) is 13.6 Å². The molecule has 3 heteroatoms. The molecule has 0 saturated carbocycles. The number of hydrogen-bond acceptors (Lipinski definition) is 3. The second-order valence-corrected chi connectivity index (χ2v) is 5.44. The van der Waals surface area contributed by atoms with Gasteiger partial charge in [0.05, 0.1) is 5.69 Å². The van der Waals surface area contributed by atoms with Gasteiger partial charge < -0.3 is 5.32 Å². The van der Waals surface area contributed by atoms with Gasteiger partial charge in [-0.05, 0) is 31.5 Å². The Labute approximate surface area is 121 Å². The van der Waals surface area contributed by atoms with E-state index in [1.54, 1.807) is 0 Å². The minimum absolute atomic E-state index is 0.558. The summed E-state index contributed by atoms with van der Waals surface area (Å²) in [6.07, 6.45) is 0.856. The molecule has 2 aromatic rings. The average molecular weight is 269 g/mol. The lowest BCUT2D eigenvalue weighted by atomic mass is 10.0. The molecular weight excluding hydrogens is 246 g/mol. The fourth-order valence-electron chi connectivity index (χ4n) is 2.17. The SMILES string of the molecule is CNCCc1nc(C)cc(-c2ccc(C(C)C)cc2)n1. The Morgan fingerprint density at radius 2 is 1.80 bits per heavy atom. The molecule has 106 valence electrons. The molecule has 0 atom stereocenters. The van der Waals surface area contributed by atoms with E-state index in [1.165, 1.54) is 5.56 Å². The van der Waals surface area contributed by atoms with Crippen molar-refractivity contribution in [1.82, 2.24) is 15.3 Å². The molecule has 3 nitrogen and oxygen atoms in total. The Balaban J connectivity index is 2.29. The van der Waals surface area contributed by atoms with Crippen LogP contribution in [0.25, 0.3) is 11.3 Å². The standard InChI is InChI=1S/C17H23N3/c1-12(2)14-5-7-15(8-6-14)16-11-13(3)19-17(20-16)9-10-18-4/h5-8,11-12,18H,9-10H2,1-4H3. The molecule has 0 unspecified atom stereocenters. The van der Waals surface area contributed by atoms with E-state index in [0.29, 0.717) is 5.92 Å². The molecule has 2 rings (SSSR count). The Bertz CT molecular complexity index is 559. The molecule has 1 heterocycles. The van der Waals surface area contributed by atoms with Gasteiger partial charge in [0.25, 0.3) is 0 Å². The van der Waals surface area contributed by atoms with Crippen LogP contribution in [0.3, 0.4) is 0 Å². The molecule has 0 amide bonds. The Morgan fingerprint density at radius 1 is 1.10 bits per heavy atom. The summed E-state index contributed by atoms with van der Waals surface area (Å²) in [5.74, 6) is 1.46. The number of nitrogens with one attached hydrogen (secondary N) is 1. The zero-order valence-corrected chi connectivity index (χ0v) is 12.8. The Hall–Kier alpha value is -1.74. The van der Waals surface area contributed by atoms with Gasteiger partial charge in [0.1, 0.15) is 5.82 Å². The van der Waals surface area contributed by atoms with Crippen LogP contribution in [0, 0.1) is 6.92 Å². The van der Waals surface area contributed by atoms with E-state index >= 15 is 0 Å². The van der Waals surface area contributed by atoms with E-state index in [0.717, 1.165) is 35.7 Å². The summed E-state index contributed by atoms with van der Waals surface area (Å²) in [5.41, 5.74) is 4.55. The molecule has 0 fully saturated rings. The van der Waals surface area contributed by atoms with Crippen LogP contribution in [0.5, 0.6) is 0 Å². The maximum absolute atomic E-state index is 4.66. The predicted octanol–water partition coefficient (Wildman–Crippen LogP) is 3.34. The lowest BCUT2D eigenvalue weighted by Crippen LogP contribution is -2.12. The maximum Gasteiger partial charge on any atom is 0.130 e. The topological polar surface area (TPSA) is 37.8 Å². The van der Waals surface area contributed by atoms with E-state index in [2.05, 4.69) is 53.4 Å². The minimum Gasteiger partial charge on any atom is -0.319 e. The number of nitrogens with zero attached hydrogens (tertiary/aromatic N) is 2. The van der Waals surface area contributed by atoms with Crippen molar-refractivity contribution in [3.05, 3.63) is 47.4 Å². The smallest absolute Gasteiger partial charge is 0.130 e. The van der Waals surface area contributed by atoms with Crippen molar-refractivity contribution in [2.45, 2.75) is 33.1 Å². The first-order valence-corrected chi connectivity index (χ1v) is 7.19. The highest BCUT2D eigenvalue weighted by Gasteiger charge is 2.06. The van der Waals surface area contributed by atoms with E-state index in [9.17, 15) is 0 Å². The summed E-state index contributed by atoms with van der Waals surface area (Å²) in [6.45, 7) is 7.34. The molecule has 1 aromatic heterocycles. The van der Waals surface area contributed by atoms with Crippen LogP contribution in [0.4, 0.5) is 0 Å². The Kier molecular flexibility index (Phi) is 4.85. The molecule has 0 spiro atoms. The van der Waals surface area contributed by atoms with Gasteiger partial charge in [0.15, 0.2) is 0 Å². The third-order valence-electron chi connectivity index (χ3n) is 3.37. The molecule has 0 aliphatic heterocycles. The number of hydrogen-bond donors (Lipinski definition) is 1. The fourth-order valence-corrected chi connectivity index (χ4v) is 2.17. The summed E-state index contributed by atoms with van der Waals surface area (Å²) < 4.78 is 0. The van der Waals surface area contributed by atoms with E-state index < -0.39 is 0 Å². The lowest BCUT2D eigenvalue weighted by molar-refractivity contribution is 0.752. The van der Waals surface area contributed by atoms with Crippen LogP contribution >= 0.6 is 0 Å². The van der Waals surface area contributed by atoms with E-state index in [4.69, 9.17) is 0 Å². The van der Waals surface area contributed by atoms with Crippen molar-refractivity contribution in [1.29, 1.82) is 0 Å². The van der Waals surface area contributed by atoms with Crippen molar-refractivity contribution in [3.63, 3.8) is 0 Å². The van der Waals surface area contributed by atoms with Crippen LogP contribution in [0.2, 0.25) is 0 Å². The van der Waals surface area contributed by atoms with Gasteiger partial charge in [-0.3, -0.25) is 0 Å². The summed E-state index contributed by atoms with van der Waals surface area (Å²) in [6, 6.07) is 10.7. The largest absolute Gasteiger partial charge is 0.319 e. The highest BCUT2D eigenvalue weighted by Crippen LogP contribution is 2.21. The second kappa shape index (κ2) is 6.62. The first-order valence-electron chi connectivity index (χ1n) is 7.19. The van der Waals surface area contributed by atoms with Crippen LogP contribution in [0.15, 0.2) is 30.3 Å². The molecule has 1 N–H and O–H groups in total. The number of aromatic nitrogens is 2. The quantitative estimate of drug-likeness (QED) is 0.904. The highest BCUT2D eigenvalue weighted by atomic mass is 14.9. The van der Waals surface area contributed by atoms with Crippen molar-refractivity contribution in [3.8, 4) is 11.3 Å².